The summed E-state index contributed by atoms with van der Waals surface area (Å²) in [6.07, 6.45) is -1.37. The number of ether oxygens (including phenoxy) is 1. The van der Waals surface area contributed by atoms with Gasteiger partial charge in [0.1, 0.15) is 11.9 Å². The molecule has 0 aliphatic carbocycles. The van der Waals surface area contributed by atoms with Gasteiger partial charge in [-0.2, -0.15) is 11.8 Å². The SMILES string of the molecule is [2H]C([2H])([2H])C(=O)NC[C@H]1CN(c2ccc(N3CCSCC3)c(F)c2)C(=O)O1. The van der Waals surface area contributed by atoms with Gasteiger partial charge in [0, 0.05) is 35.6 Å². The van der Waals surface area contributed by atoms with Crippen LogP contribution >= 0.6 is 11.8 Å². The summed E-state index contributed by atoms with van der Waals surface area (Å²) < 4.78 is 40.7. The van der Waals surface area contributed by atoms with Gasteiger partial charge in [0.05, 0.1) is 24.5 Å². The normalized spacial score (nSPS) is 23.3. The minimum absolute atomic E-state index is 0.0965. The van der Waals surface area contributed by atoms with E-state index in [1.807, 2.05) is 16.7 Å². The van der Waals surface area contributed by atoms with E-state index in [0.29, 0.717) is 11.4 Å². The minimum atomic E-state index is -2.76. The third-order valence-electron chi connectivity index (χ3n) is 3.96. The van der Waals surface area contributed by atoms with Gasteiger partial charge >= 0.3 is 6.09 Å². The highest BCUT2D eigenvalue weighted by molar-refractivity contribution is 7.99. The van der Waals surface area contributed by atoms with Crippen LogP contribution in [0.15, 0.2) is 18.2 Å². The molecule has 8 heteroatoms. The van der Waals surface area contributed by atoms with Crippen molar-refractivity contribution in [1.29, 1.82) is 0 Å². The van der Waals surface area contributed by atoms with Crippen LogP contribution in [0.2, 0.25) is 0 Å². The highest BCUT2D eigenvalue weighted by Gasteiger charge is 2.32. The highest BCUT2D eigenvalue weighted by atomic mass is 32.2. The fraction of sp³-hybridized carbons (Fsp3) is 0.500. The van der Waals surface area contributed by atoms with Crippen molar-refractivity contribution in [1.82, 2.24) is 5.32 Å². The monoisotopic (exact) mass is 356 g/mol. The lowest BCUT2D eigenvalue weighted by atomic mass is 10.2. The van der Waals surface area contributed by atoms with E-state index in [1.54, 1.807) is 12.1 Å². The number of hydrogen-bond donors (Lipinski definition) is 1. The molecule has 1 aromatic carbocycles. The summed E-state index contributed by atoms with van der Waals surface area (Å²) in [5.41, 5.74) is 0.866. The molecule has 24 heavy (non-hydrogen) atoms. The molecule has 0 unspecified atom stereocenters. The van der Waals surface area contributed by atoms with Gasteiger partial charge in [-0.05, 0) is 18.2 Å². The third-order valence-corrected chi connectivity index (χ3v) is 4.90. The van der Waals surface area contributed by atoms with Crippen molar-refractivity contribution in [3.63, 3.8) is 0 Å². The maximum Gasteiger partial charge on any atom is 0.414 e. The summed E-state index contributed by atoms with van der Waals surface area (Å²) >= 11 is 1.83. The standard InChI is InChI=1S/C16H20FN3O3S/c1-11(21)18-9-13-10-20(16(22)23-13)12-2-3-15(14(17)8-12)19-4-6-24-7-5-19/h2-3,8,13H,4-7,9-10H2,1H3,(H,18,21)/t13-/m0/s1/i1D3. The van der Waals surface area contributed by atoms with Crippen LogP contribution in [-0.4, -0.2) is 55.8 Å². The second-order valence-electron chi connectivity index (χ2n) is 5.56. The van der Waals surface area contributed by atoms with Crippen molar-refractivity contribution in [2.45, 2.75) is 13.0 Å². The molecule has 130 valence electrons. The molecule has 0 saturated carbocycles. The molecule has 2 saturated heterocycles. The van der Waals surface area contributed by atoms with E-state index in [4.69, 9.17) is 8.85 Å². The zero-order chi connectivity index (χ0) is 19.6. The molecule has 2 fully saturated rings. The van der Waals surface area contributed by atoms with Gasteiger partial charge in [0.15, 0.2) is 0 Å². The van der Waals surface area contributed by atoms with E-state index in [9.17, 15) is 14.0 Å². The first-order valence-corrected chi connectivity index (χ1v) is 8.80. The average molecular weight is 356 g/mol. The van der Waals surface area contributed by atoms with Crippen molar-refractivity contribution >= 4 is 35.1 Å². The minimum Gasteiger partial charge on any atom is -0.442 e. The zero-order valence-electron chi connectivity index (χ0n) is 16.0. The smallest absolute Gasteiger partial charge is 0.414 e. The summed E-state index contributed by atoms with van der Waals surface area (Å²) in [5, 5.41) is 2.23. The van der Waals surface area contributed by atoms with Gasteiger partial charge in [0.2, 0.25) is 5.91 Å². The van der Waals surface area contributed by atoms with E-state index in [1.165, 1.54) is 11.0 Å². The lowest BCUT2D eigenvalue weighted by Crippen LogP contribution is -2.34. The van der Waals surface area contributed by atoms with Crippen LogP contribution in [0.5, 0.6) is 0 Å². The van der Waals surface area contributed by atoms with E-state index >= 15 is 0 Å². The summed E-state index contributed by atoms with van der Waals surface area (Å²) in [6.45, 7) is -1.23. The number of thioether (sulfide) groups is 1. The number of anilines is 2. The number of nitrogens with zero attached hydrogens (tertiary/aromatic N) is 2. The Balaban J connectivity index is 1.63. The molecule has 0 aromatic heterocycles. The second-order valence-corrected chi connectivity index (χ2v) is 6.79. The lowest BCUT2D eigenvalue weighted by Gasteiger charge is -2.29. The summed E-state index contributed by atoms with van der Waals surface area (Å²) in [6, 6.07) is 4.60. The predicted octanol–water partition coefficient (Wildman–Crippen LogP) is 1.84. The fourth-order valence-corrected chi connectivity index (χ4v) is 3.67. The number of carbonyl (C=O) groups excluding carboxylic acids is 2. The number of cyclic esters (lactones) is 1. The Kier molecular flexibility index (Phi) is 4.05. The molecule has 0 radical (unpaired) electrons. The van der Waals surface area contributed by atoms with Crippen LogP contribution in [0.25, 0.3) is 0 Å². The molecule has 3 rings (SSSR count). The van der Waals surface area contributed by atoms with Gasteiger partial charge in [0.25, 0.3) is 0 Å². The number of amides is 2. The van der Waals surface area contributed by atoms with Gasteiger partial charge in [-0.15, -0.1) is 0 Å². The summed E-state index contributed by atoms with van der Waals surface area (Å²) in [4.78, 5) is 26.7. The number of hydrogen-bond acceptors (Lipinski definition) is 5. The lowest BCUT2D eigenvalue weighted by molar-refractivity contribution is -0.119. The first kappa shape index (κ1) is 13.3. The Morgan fingerprint density at radius 1 is 1.50 bits per heavy atom. The average Bonchev–Trinajstić information content (AvgIpc) is 3.00. The maximum atomic E-state index is 14.6. The van der Waals surface area contributed by atoms with Gasteiger partial charge in [-0.3, -0.25) is 9.69 Å². The van der Waals surface area contributed by atoms with Crippen LogP contribution < -0.4 is 15.1 Å². The van der Waals surface area contributed by atoms with Gasteiger partial charge in [-0.1, -0.05) is 0 Å². The van der Waals surface area contributed by atoms with E-state index in [2.05, 4.69) is 5.32 Å². The number of benzene rings is 1. The van der Waals surface area contributed by atoms with E-state index in [-0.39, 0.29) is 13.1 Å². The van der Waals surface area contributed by atoms with Gasteiger partial charge < -0.3 is 15.0 Å². The molecule has 1 atom stereocenters. The molecule has 2 heterocycles. The molecule has 2 aliphatic heterocycles. The number of rotatable bonds is 4. The highest BCUT2D eigenvalue weighted by Crippen LogP contribution is 2.29. The Hall–Kier alpha value is -1.96. The molecule has 6 nitrogen and oxygen atoms in total. The van der Waals surface area contributed by atoms with Crippen molar-refractivity contribution < 1.29 is 22.8 Å². The van der Waals surface area contributed by atoms with Crippen molar-refractivity contribution in [2.24, 2.45) is 0 Å². The molecule has 1 aromatic rings. The first-order chi connectivity index (χ1) is 12.8. The Labute approximate surface area is 148 Å². The second kappa shape index (κ2) is 7.29. The summed E-state index contributed by atoms with van der Waals surface area (Å²) in [5.74, 6) is 0.380. The largest absolute Gasteiger partial charge is 0.442 e. The summed E-state index contributed by atoms with van der Waals surface area (Å²) in [7, 11) is 0. The first-order valence-electron chi connectivity index (χ1n) is 9.14. The molecule has 0 spiro atoms. The van der Waals surface area contributed by atoms with Crippen molar-refractivity contribution in [3.05, 3.63) is 24.0 Å². The van der Waals surface area contributed by atoms with Crippen LogP contribution in [0.4, 0.5) is 20.6 Å². The van der Waals surface area contributed by atoms with Crippen LogP contribution in [-0.2, 0) is 9.53 Å². The zero-order valence-corrected chi connectivity index (χ0v) is 13.8. The van der Waals surface area contributed by atoms with E-state index in [0.717, 1.165) is 24.6 Å². The maximum absolute atomic E-state index is 14.6. The number of nitrogens with one attached hydrogen (secondary N) is 1. The van der Waals surface area contributed by atoms with Gasteiger partial charge in [-0.25, -0.2) is 9.18 Å². The molecule has 1 N–H and O–H groups in total. The van der Waals surface area contributed by atoms with E-state index < -0.39 is 30.8 Å². The molecular formula is C16H20FN3O3S. The number of carbonyl (C=O) groups is 2. The van der Waals surface area contributed by atoms with Crippen LogP contribution in [0, 0.1) is 5.82 Å². The Morgan fingerprint density at radius 2 is 2.29 bits per heavy atom. The van der Waals surface area contributed by atoms with Crippen LogP contribution in [0.3, 0.4) is 0 Å². The molecular weight excluding hydrogens is 333 g/mol. The topological polar surface area (TPSA) is 61.9 Å². The Morgan fingerprint density at radius 3 is 3.00 bits per heavy atom. The number of halogens is 1. The van der Waals surface area contributed by atoms with Crippen molar-refractivity contribution in [2.75, 3.05) is 47.5 Å². The Bertz CT molecular complexity index is 729. The molecule has 2 amide bonds. The quantitative estimate of drug-likeness (QED) is 0.892. The predicted molar refractivity (Wildman–Crippen MR) is 92.2 cm³/mol. The molecule has 2 aliphatic rings. The van der Waals surface area contributed by atoms with Crippen LogP contribution in [0.1, 0.15) is 11.0 Å². The third kappa shape index (κ3) is 3.75. The fourth-order valence-electron chi connectivity index (χ4n) is 2.77. The van der Waals surface area contributed by atoms with Crippen molar-refractivity contribution in [3.8, 4) is 0 Å². The molecule has 0 bridgehead atoms.